The van der Waals surface area contributed by atoms with Gasteiger partial charge in [-0.05, 0) is 23.6 Å². The van der Waals surface area contributed by atoms with Crippen molar-refractivity contribution in [3.63, 3.8) is 0 Å². The lowest BCUT2D eigenvalue weighted by Gasteiger charge is -2.27. The highest BCUT2D eigenvalue weighted by Crippen LogP contribution is 2.25. The Morgan fingerprint density at radius 1 is 1.07 bits per heavy atom. The third kappa shape index (κ3) is 4.86. The highest BCUT2D eigenvalue weighted by atomic mass is 32.2. The predicted molar refractivity (Wildman–Crippen MR) is 106 cm³/mol. The van der Waals surface area contributed by atoms with E-state index in [4.69, 9.17) is 0 Å². The van der Waals surface area contributed by atoms with E-state index in [9.17, 15) is 13.2 Å². The van der Waals surface area contributed by atoms with Crippen LogP contribution in [0.25, 0.3) is 0 Å². The molecule has 0 aliphatic carbocycles. The predicted octanol–water partition coefficient (Wildman–Crippen LogP) is 2.76. The first-order valence-electron chi connectivity index (χ1n) is 9.13. The second-order valence-electron chi connectivity index (χ2n) is 7.15. The van der Waals surface area contributed by atoms with Crippen molar-refractivity contribution in [3.05, 3.63) is 59.8 Å². The van der Waals surface area contributed by atoms with Gasteiger partial charge in [0.2, 0.25) is 0 Å². The van der Waals surface area contributed by atoms with Gasteiger partial charge in [-0.1, -0.05) is 44.2 Å². The molecule has 0 bridgehead atoms. The van der Waals surface area contributed by atoms with E-state index in [1.165, 1.54) is 5.56 Å². The van der Waals surface area contributed by atoms with Crippen molar-refractivity contribution in [3.8, 4) is 0 Å². The van der Waals surface area contributed by atoms with Crippen LogP contribution in [0.4, 0.5) is 5.82 Å². The third-order valence-corrected chi connectivity index (χ3v) is 6.38. The van der Waals surface area contributed by atoms with E-state index < -0.39 is 9.84 Å². The number of carbonyl (C=O) groups excluding carboxylic acids is 1. The van der Waals surface area contributed by atoms with E-state index in [0.29, 0.717) is 17.3 Å². The maximum absolute atomic E-state index is 12.5. The molecule has 1 aliphatic heterocycles. The average molecular weight is 388 g/mol. The van der Waals surface area contributed by atoms with Gasteiger partial charge in [-0.3, -0.25) is 4.79 Å². The van der Waals surface area contributed by atoms with Crippen LogP contribution in [-0.4, -0.2) is 48.8 Å². The highest BCUT2D eigenvalue weighted by Gasteiger charge is 2.26. The van der Waals surface area contributed by atoms with Crippen LogP contribution in [0.1, 0.15) is 35.8 Å². The van der Waals surface area contributed by atoms with Crippen LogP contribution in [0.2, 0.25) is 0 Å². The summed E-state index contributed by atoms with van der Waals surface area (Å²) in [4.78, 5) is 18.5. The summed E-state index contributed by atoms with van der Waals surface area (Å²) in [6.45, 7) is 4.77. The minimum atomic E-state index is -3.01. The maximum atomic E-state index is 12.5. The minimum absolute atomic E-state index is 0.0267. The van der Waals surface area contributed by atoms with Crippen LogP contribution in [0.5, 0.6) is 0 Å². The van der Waals surface area contributed by atoms with Crippen molar-refractivity contribution >= 4 is 21.6 Å². The fraction of sp³-hybridized carbons (Fsp3) is 0.400. The van der Waals surface area contributed by atoms with E-state index in [1.807, 2.05) is 18.2 Å². The number of rotatable bonds is 5. The molecular weight excluding hydrogens is 362 g/mol. The standard InChI is InChI=1S/C20H25N3O3S/c1-15(2)19(16-6-4-3-5-7-16)22-18-9-8-17(14-21-18)20(24)23-10-12-27(25,26)13-11-23/h3-9,14-15,19H,10-13H2,1-2H3,(H,21,22). The molecule has 0 saturated carbocycles. The number of anilines is 1. The van der Waals surface area contributed by atoms with Crippen molar-refractivity contribution in [2.24, 2.45) is 5.92 Å². The van der Waals surface area contributed by atoms with E-state index in [-0.39, 0.29) is 36.5 Å². The van der Waals surface area contributed by atoms with Crippen LogP contribution in [0.15, 0.2) is 48.7 Å². The Morgan fingerprint density at radius 2 is 1.74 bits per heavy atom. The smallest absolute Gasteiger partial charge is 0.255 e. The number of carbonyl (C=O) groups is 1. The second kappa shape index (κ2) is 8.08. The number of sulfone groups is 1. The van der Waals surface area contributed by atoms with Crippen molar-refractivity contribution < 1.29 is 13.2 Å². The van der Waals surface area contributed by atoms with Crippen LogP contribution < -0.4 is 5.32 Å². The lowest BCUT2D eigenvalue weighted by Crippen LogP contribution is -2.43. The number of hydrogen-bond acceptors (Lipinski definition) is 5. The van der Waals surface area contributed by atoms with Gasteiger partial charge in [-0.15, -0.1) is 0 Å². The maximum Gasteiger partial charge on any atom is 0.255 e. The van der Waals surface area contributed by atoms with Crippen LogP contribution in [0, 0.1) is 5.92 Å². The molecule has 0 radical (unpaired) electrons. The van der Waals surface area contributed by atoms with Gasteiger partial charge in [0.05, 0.1) is 23.1 Å². The summed E-state index contributed by atoms with van der Waals surface area (Å²) in [5.74, 6) is 0.950. The summed E-state index contributed by atoms with van der Waals surface area (Å²) in [5.41, 5.74) is 1.66. The second-order valence-corrected chi connectivity index (χ2v) is 9.46. The van der Waals surface area contributed by atoms with Gasteiger partial charge in [0.15, 0.2) is 9.84 Å². The number of hydrogen-bond donors (Lipinski definition) is 1. The number of benzene rings is 1. The molecule has 1 fully saturated rings. The van der Waals surface area contributed by atoms with Crippen molar-refractivity contribution in [1.82, 2.24) is 9.88 Å². The quantitative estimate of drug-likeness (QED) is 0.853. The van der Waals surface area contributed by atoms with Crippen molar-refractivity contribution in [2.45, 2.75) is 19.9 Å². The van der Waals surface area contributed by atoms with Crippen molar-refractivity contribution in [2.75, 3.05) is 29.9 Å². The molecule has 1 atom stereocenters. The Morgan fingerprint density at radius 3 is 2.30 bits per heavy atom. The van der Waals surface area contributed by atoms with Crippen LogP contribution in [0.3, 0.4) is 0 Å². The number of nitrogens with one attached hydrogen (secondary N) is 1. The zero-order valence-corrected chi connectivity index (χ0v) is 16.4. The molecule has 2 heterocycles. The largest absolute Gasteiger partial charge is 0.363 e. The molecule has 27 heavy (non-hydrogen) atoms. The Hall–Kier alpha value is -2.41. The lowest BCUT2D eigenvalue weighted by molar-refractivity contribution is 0.0770. The molecule has 144 valence electrons. The van der Waals surface area contributed by atoms with Gasteiger partial charge in [-0.2, -0.15) is 0 Å². The topological polar surface area (TPSA) is 79.4 Å². The van der Waals surface area contributed by atoms with Gasteiger partial charge in [0, 0.05) is 19.3 Å². The first-order valence-corrected chi connectivity index (χ1v) is 10.9. The first-order chi connectivity index (χ1) is 12.9. The van der Waals surface area contributed by atoms with Crippen LogP contribution >= 0.6 is 0 Å². The Labute approximate surface area is 160 Å². The Bertz CT molecular complexity index is 866. The van der Waals surface area contributed by atoms with Gasteiger partial charge < -0.3 is 10.2 Å². The summed E-state index contributed by atoms with van der Waals surface area (Å²) in [5, 5.41) is 3.44. The lowest BCUT2D eigenvalue weighted by atomic mass is 9.96. The minimum Gasteiger partial charge on any atom is -0.363 e. The number of nitrogens with zero attached hydrogens (tertiary/aromatic N) is 2. The fourth-order valence-electron chi connectivity index (χ4n) is 3.16. The summed E-state index contributed by atoms with van der Waals surface area (Å²) >= 11 is 0. The average Bonchev–Trinajstić information content (AvgIpc) is 2.66. The molecule has 1 saturated heterocycles. The first kappa shape index (κ1) is 19.4. The Balaban J connectivity index is 1.68. The van der Waals surface area contributed by atoms with E-state index >= 15 is 0 Å². The fourth-order valence-corrected chi connectivity index (χ4v) is 4.36. The molecular formula is C20H25N3O3S. The van der Waals surface area contributed by atoms with E-state index in [2.05, 4.69) is 36.3 Å². The molecule has 1 aromatic carbocycles. The van der Waals surface area contributed by atoms with Gasteiger partial charge in [-0.25, -0.2) is 13.4 Å². The van der Waals surface area contributed by atoms with Gasteiger partial charge in [0.1, 0.15) is 5.82 Å². The van der Waals surface area contributed by atoms with E-state index in [1.54, 1.807) is 23.2 Å². The Kier molecular flexibility index (Phi) is 5.79. The zero-order valence-electron chi connectivity index (χ0n) is 15.6. The summed E-state index contributed by atoms with van der Waals surface area (Å²) in [6, 6.07) is 13.8. The molecule has 1 amide bonds. The molecule has 1 aromatic heterocycles. The molecule has 6 nitrogen and oxygen atoms in total. The van der Waals surface area contributed by atoms with Crippen LogP contribution in [-0.2, 0) is 9.84 Å². The molecule has 1 unspecified atom stereocenters. The molecule has 1 aliphatic rings. The number of aromatic nitrogens is 1. The molecule has 7 heteroatoms. The summed E-state index contributed by atoms with van der Waals surface area (Å²) < 4.78 is 23.0. The van der Waals surface area contributed by atoms with E-state index in [0.717, 1.165) is 0 Å². The molecule has 3 rings (SSSR count). The summed E-state index contributed by atoms with van der Waals surface area (Å²) in [6.07, 6.45) is 1.55. The molecule has 2 aromatic rings. The zero-order chi connectivity index (χ0) is 19.4. The highest BCUT2D eigenvalue weighted by molar-refractivity contribution is 7.91. The van der Waals surface area contributed by atoms with Gasteiger partial charge >= 0.3 is 0 Å². The normalized spacial score (nSPS) is 17.5. The monoisotopic (exact) mass is 387 g/mol. The summed E-state index contributed by atoms with van der Waals surface area (Å²) in [7, 11) is -3.01. The molecule has 0 spiro atoms. The SMILES string of the molecule is CC(C)C(Nc1ccc(C(=O)N2CCS(=O)(=O)CC2)cn1)c1ccccc1. The van der Waals surface area contributed by atoms with Gasteiger partial charge in [0.25, 0.3) is 5.91 Å². The third-order valence-electron chi connectivity index (χ3n) is 4.77. The number of pyridine rings is 1. The van der Waals surface area contributed by atoms with Crippen molar-refractivity contribution in [1.29, 1.82) is 0 Å². The number of amides is 1. The molecule has 1 N–H and O–H groups in total.